The molecule has 0 radical (unpaired) electrons. The molecule has 0 saturated heterocycles. The van der Waals surface area contributed by atoms with E-state index in [0.29, 0.717) is 11.7 Å². The lowest BCUT2D eigenvalue weighted by Gasteiger charge is -2.21. The number of anilines is 1. The maximum Gasteiger partial charge on any atom is 0.417 e. The van der Waals surface area contributed by atoms with Crippen LogP contribution in [0.15, 0.2) is 18.2 Å². The van der Waals surface area contributed by atoms with Crippen LogP contribution in [0.3, 0.4) is 0 Å². The van der Waals surface area contributed by atoms with Crippen molar-refractivity contribution >= 4 is 22.9 Å². The van der Waals surface area contributed by atoms with Gasteiger partial charge >= 0.3 is 6.18 Å². The molecule has 1 fully saturated rings. The molecule has 98 valence electrons. The number of nitrogens with two attached hydrogens (primary N) is 1. The number of alkyl halides is 3. The highest BCUT2D eigenvalue weighted by atomic mass is 32.1. The van der Waals surface area contributed by atoms with Crippen LogP contribution in [0.4, 0.5) is 18.9 Å². The van der Waals surface area contributed by atoms with Gasteiger partial charge in [0.15, 0.2) is 0 Å². The Balaban J connectivity index is 2.44. The smallest absolute Gasteiger partial charge is 0.389 e. The first kappa shape index (κ1) is 13.1. The van der Waals surface area contributed by atoms with Crippen molar-refractivity contribution in [1.82, 2.24) is 0 Å². The van der Waals surface area contributed by atoms with Gasteiger partial charge in [0, 0.05) is 24.3 Å². The molecule has 18 heavy (non-hydrogen) atoms. The average molecular weight is 274 g/mol. The Kier molecular flexibility index (Phi) is 3.23. The zero-order valence-electron chi connectivity index (χ0n) is 9.79. The van der Waals surface area contributed by atoms with Gasteiger partial charge in [-0.05, 0) is 31.0 Å². The van der Waals surface area contributed by atoms with Crippen LogP contribution in [0.1, 0.15) is 24.0 Å². The van der Waals surface area contributed by atoms with Crippen molar-refractivity contribution in [3.05, 3.63) is 29.3 Å². The van der Waals surface area contributed by atoms with Crippen LogP contribution >= 0.6 is 12.2 Å². The number of rotatable bonds is 3. The van der Waals surface area contributed by atoms with E-state index >= 15 is 0 Å². The summed E-state index contributed by atoms with van der Waals surface area (Å²) in [6.07, 6.45) is -2.40. The van der Waals surface area contributed by atoms with Gasteiger partial charge in [-0.25, -0.2) is 0 Å². The van der Waals surface area contributed by atoms with Gasteiger partial charge in [-0.2, -0.15) is 13.2 Å². The SMILES string of the molecule is CN(c1ccc(C(N)=S)c(C(F)(F)F)c1)C1CC1. The van der Waals surface area contributed by atoms with Crippen LogP contribution in [0.25, 0.3) is 0 Å². The largest absolute Gasteiger partial charge is 0.417 e. The Hall–Kier alpha value is -1.30. The summed E-state index contributed by atoms with van der Waals surface area (Å²) in [5.74, 6) is 0. The molecule has 1 aromatic rings. The molecule has 2 rings (SSSR count). The van der Waals surface area contributed by atoms with Crippen molar-refractivity contribution in [2.75, 3.05) is 11.9 Å². The number of nitrogens with zero attached hydrogens (tertiary/aromatic N) is 1. The lowest BCUT2D eigenvalue weighted by molar-refractivity contribution is -0.137. The maximum atomic E-state index is 12.9. The fourth-order valence-electron chi connectivity index (χ4n) is 1.87. The Morgan fingerprint density at radius 3 is 2.44 bits per heavy atom. The fraction of sp³-hybridized carbons (Fsp3) is 0.417. The van der Waals surface area contributed by atoms with Gasteiger partial charge in [0.25, 0.3) is 0 Å². The first-order valence-corrected chi connectivity index (χ1v) is 5.95. The number of hydrogen-bond acceptors (Lipinski definition) is 2. The molecule has 2 N–H and O–H groups in total. The van der Waals surface area contributed by atoms with Crippen LogP contribution in [0.5, 0.6) is 0 Å². The minimum atomic E-state index is -4.45. The van der Waals surface area contributed by atoms with E-state index in [1.165, 1.54) is 6.07 Å². The first-order chi connectivity index (χ1) is 8.30. The molecule has 0 heterocycles. The minimum absolute atomic E-state index is 0.120. The van der Waals surface area contributed by atoms with Gasteiger partial charge in [0.05, 0.1) is 5.56 Å². The number of hydrogen-bond donors (Lipinski definition) is 1. The molecule has 0 bridgehead atoms. The average Bonchev–Trinajstić information content (AvgIpc) is 3.09. The van der Waals surface area contributed by atoms with Crippen LogP contribution in [0.2, 0.25) is 0 Å². The van der Waals surface area contributed by atoms with Crippen molar-refractivity contribution < 1.29 is 13.2 Å². The molecular formula is C12H13F3N2S. The highest BCUT2D eigenvalue weighted by Crippen LogP contribution is 2.37. The third-order valence-electron chi connectivity index (χ3n) is 3.08. The second-order valence-electron chi connectivity index (χ2n) is 4.43. The molecule has 0 spiro atoms. The predicted molar refractivity (Wildman–Crippen MR) is 68.8 cm³/mol. The van der Waals surface area contributed by atoms with Gasteiger partial charge in [-0.1, -0.05) is 12.2 Å². The summed E-state index contributed by atoms with van der Waals surface area (Å²) in [6.45, 7) is 0. The summed E-state index contributed by atoms with van der Waals surface area (Å²) in [4.78, 5) is 1.63. The topological polar surface area (TPSA) is 29.3 Å². The normalized spacial score (nSPS) is 15.6. The standard InChI is InChI=1S/C12H13F3N2S/c1-17(7-2-3-7)8-4-5-9(11(16)18)10(6-8)12(13,14)15/h4-7H,2-3H2,1H3,(H2,16,18). The van der Waals surface area contributed by atoms with Crippen LogP contribution in [-0.4, -0.2) is 18.1 Å². The van der Waals surface area contributed by atoms with Gasteiger partial charge < -0.3 is 10.6 Å². The molecule has 6 heteroatoms. The zero-order chi connectivity index (χ0) is 13.5. The van der Waals surface area contributed by atoms with E-state index in [0.717, 1.165) is 18.9 Å². The molecule has 1 aromatic carbocycles. The predicted octanol–water partition coefficient (Wildman–Crippen LogP) is 2.94. The first-order valence-electron chi connectivity index (χ1n) is 5.54. The van der Waals surface area contributed by atoms with Crippen molar-refractivity contribution in [3.63, 3.8) is 0 Å². The summed E-state index contributed by atoms with van der Waals surface area (Å²) in [7, 11) is 1.80. The maximum absolute atomic E-state index is 12.9. The molecule has 0 aliphatic heterocycles. The molecule has 0 aromatic heterocycles. The molecule has 1 aliphatic rings. The van der Waals surface area contributed by atoms with Crippen LogP contribution in [0, 0.1) is 0 Å². The Labute approximate surface area is 109 Å². The van der Waals surface area contributed by atoms with Gasteiger partial charge in [0.2, 0.25) is 0 Å². The second-order valence-corrected chi connectivity index (χ2v) is 4.87. The molecule has 0 amide bonds. The van der Waals surface area contributed by atoms with Gasteiger partial charge in [-0.3, -0.25) is 0 Å². The van der Waals surface area contributed by atoms with E-state index in [2.05, 4.69) is 12.2 Å². The molecule has 0 unspecified atom stereocenters. The highest BCUT2D eigenvalue weighted by Gasteiger charge is 2.35. The van der Waals surface area contributed by atoms with E-state index in [-0.39, 0.29) is 10.6 Å². The fourth-order valence-corrected chi connectivity index (χ4v) is 2.05. The van der Waals surface area contributed by atoms with Gasteiger partial charge in [-0.15, -0.1) is 0 Å². The molecule has 1 saturated carbocycles. The monoisotopic (exact) mass is 274 g/mol. The van der Waals surface area contributed by atoms with Crippen molar-refractivity contribution in [2.45, 2.75) is 25.1 Å². The second kappa shape index (κ2) is 4.42. The number of halogens is 3. The summed E-state index contributed by atoms with van der Waals surface area (Å²) >= 11 is 4.66. The van der Waals surface area contributed by atoms with E-state index in [9.17, 15) is 13.2 Å². The third-order valence-corrected chi connectivity index (χ3v) is 3.30. The summed E-state index contributed by atoms with van der Waals surface area (Å²) in [6, 6.07) is 4.44. The summed E-state index contributed by atoms with van der Waals surface area (Å²) < 4.78 is 38.8. The van der Waals surface area contributed by atoms with Crippen molar-refractivity contribution in [3.8, 4) is 0 Å². The van der Waals surface area contributed by atoms with E-state index in [1.54, 1.807) is 13.1 Å². The summed E-state index contributed by atoms with van der Waals surface area (Å²) in [5, 5.41) is 0. The highest BCUT2D eigenvalue weighted by molar-refractivity contribution is 7.80. The molecule has 0 atom stereocenters. The van der Waals surface area contributed by atoms with Crippen molar-refractivity contribution in [2.24, 2.45) is 5.73 Å². The summed E-state index contributed by atoms with van der Waals surface area (Å²) in [5.41, 5.74) is 4.99. The molecule has 2 nitrogen and oxygen atoms in total. The molecule has 1 aliphatic carbocycles. The Morgan fingerprint density at radius 1 is 1.39 bits per heavy atom. The minimum Gasteiger partial charge on any atom is -0.389 e. The van der Waals surface area contributed by atoms with E-state index in [1.807, 2.05) is 4.90 Å². The molecular weight excluding hydrogens is 261 g/mol. The van der Waals surface area contributed by atoms with E-state index in [4.69, 9.17) is 5.73 Å². The van der Waals surface area contributed by atoms with Crippen molar-refractivity contribution in [1.29, 1.82) is 0 Å². The van der Waals surface area contributed by atoms with E-state index < -0.39 is 11.7 Å². The number of thiocarbonyl (C=S) groups is 1. The van der Waals surface area contributed by atoms with Gasteiger partial charge in [0.1, 0.15) is 4.99 Å². The van der Waals surface area contributed by atoms with Crippen LogP contribution < -0.4 is 10.6 Å². The zero-order valence-corrected chi connectivity index (χ0v) is 10.6. The van der Waals surface area contributed by atoms with Crippen LogP contribution in [-0.2, 0) is 6.18 Å². The Bertz CT molecular complexity index is 481. The lowest BCUT2D eigenvalue weighted by Crippen LogP contribution is -2.22. The lowest BCUT2D eigenvalue weighted by atomic mass is 10.1. The quantitative estimate of drug-likeness (QED) is 0.859. The Morgan fingerprint density at radius 2 is 2.00 bits per heavy atom. The third kappa shape index (κ3) is 2.58. The number of benzene rings is 1.